The Kier molecular flexibility index (Phi) is 5.19. The number of hydrogen-bond acceptors (Lipinski definition) is 6. The molecule has 0 saturated carbocycles. The highest BCUT2D eigenvalue weighted by atomic mass is 32.1. The van der Waals surface area contributed by atoms with Gasteiger partial charge in [-0.1, -0.05) is 0 Å². The zero-order valence-corrected chi connectivity index (χ0v) is 13.9. The van der Waals surface area contributed by atoms with Crippen LogP contribution < -0.4 is 10.1 Å². The molecule has 1 N–H and O–H groups in total. The summed E-state index contributed by atoms with van der Waals surface area (Å²) in [6.07, 6.45) is 4.85. The Morgan fingerprint density at radius 3 is 3.26 bits per heavy atom. The number of nitrogens with one attached hydrogen (secondary N) is 1. The number of pyridine rings is 1. The molecule has 1 aliphatic rings. The number of hydrogen-bond donors (Lipinski definition) is 1. The second-order valence-corrected chi connectivity index (χ2v) is 6.59. The predicted octanol–water partition coefficient (Wildman–Crippen LogP) is 1.83. The van der Waals surface area contributed by atoms with Crippen LogP contribution in [0.25, 0.3) is 0 Å². The number of nitrogens with zero attached hydrogens (tertiary/aromatic N) is 3. The molecule has 1 aliphatic heterocycles. The Balaban J connectivity index is 1.51. The van der Waals surface area contributed by atoms with Gasteiger partial charge in [0.1, 0.15) is 11.9 Å². The third-order valence-corrected chi connectivity index (χ3v) is 4.47. The van der Waals surface area contributed by atoms with E-state index in [1.807, 2.05) is 23.8 Å². The SMILES string of the molecule is CC(=O)NCc1cc(OC2CCN(Cc3cncs3)C2)ccn1. The fraction of sp³-hybridized carbons (Fsp3) is 0.438. The Morgan fingerprint density at radius 1 is 1.57 bits per heavy atom. The van der Waals surface area contributed by atoms with Crippen LogP contribution in [-0.2, 0) is 17.9 Å². The maximum Gasteiger partial charge on any atom is 0.217 e. The highest BCUT2D eigenvalue weighted by molar-refractivity contribution is 7.09. The summed E-state index contributed by atoms with van der Waals surface area (Å²) in [5.74, 6) is 0.748. The van der Waals surface area contributed by atoms with Gasteiger partial charge in [0.05, 0.1) is 17.7 Å². The van der Waals surface area contributed by atoms with Crippen LogP contribution >= 0.6 is 11.3 Å². The van der Waals surface area contributed by atoms with Crippen molar-refractivity contribution in [1.82, 2.24) is 20.2 Å². The van der Waals surface area contributed by atoms with Crippen LogP contribution in [0.4, 0.5) is 0 Å². The molecule has 6 nitrogen and oxygen atoms in total. The molecule has 23 heavy (non-hydrogen) atoms. The maximum atomic E-state index is 11.0. The molecule has 122 valence electrons. The van der Waals surface area contributed by atoms with Crippen molar-refractivity contribution < 1.29 is 9.53 Å². The van der Waals surface area contributed by atoms with Crippen molar-refractivity contribution in [3.8, 4) is 5.75 Å². The lowest BCUT2D eigenvalue weighted by molar-refractivity contribution is -0.119. The molecule has 1 atom stereocenters. The third kappa shape index (κ3) is 4.74. The first-order chi connectivity index (χ1) is 11.2. The second-order valence-electron chi connectivity index (χ2n) is 5.62. The summed E-state index contributed by atoms with van der Waals surface area (Å²) in [6, 6.07) is 3.75. The first kappa shape index (κ1) is 15.9. The van der Waals surface area contributed by atoms with E-state index in [1.165, 1.54) is 11.8 Å². The Labute approximate surface area is 139 Å². The summed E-state index contributed by atoms with van der Waals surface area (Å²) in [7, 11) is 0. The molecule has 7 heteroatoms. The van der Waals surface area contributed by atoms with Crippen LogP contribution in [0.1, 0.15) is 23.9 Å². The zero-order valence-electron chi connectivity index (χ0n) is 13.1. The minimum absolute atomic E-state index is 0.0624. The molecule has 1 amide bonds. The minimum atomic E-state index is -0.0624. The lowest BCUT2D eigenvalue weighted by Gasteiger charge is -2.16. The molecule has 2 aromatic rings. The number of carbonyl (C=O) groups is 1. The van der Waals surface area contributed by atoms with Crippen molar-refractivity contribution in [3.05, 3.63) is 40.6 Å². The number of aromatic nitrogens is 2. The average molecular weight is 332 g/mol. The van der Waals surface area contributed by atoms with Crippen molar-refractivity contribution in [3.63, 3.8) is 0 Å². The van der Waals surface area contributed by atoms with E-state index < -0.39 is 0 Å². The first-order valence-corrected chi connectivity index (χ1v) is 8.53. The van der Waals surface area contributed by atoms with E-state index in [0.29, 0.717) is 6.54 Å². The van der Waals surface area contributed by atoms with Crippen LogP contribution in [-0.4, -0.2) is 40.0 Å². The summed E-state index contributed by atoms with van der Waals surface area (Å²) in [6.45, 7) is 4.81. The molecule has 0 spiro atoms. The number of amides is 1. The van der Waals surface area contributed by atoms with E-state index in [2.05, 4.69) is 20.2 Å². The summed E-state index contributed by atoms with van der Waals surface area (Å²) < 4.78 is 6.07. The van der Waals surface area contributed by atoms with Gasteiger partial charge in [0.15, 0.2) is 0 Å². The van der Waals surface area contributed by atoms with E-state index >= 15 is 0 Å². The normalized spacial score (nSPS) is 18.0. The molecule has 0 radical (unpaired) electrons. The van der Waals surface area contributed by atoms with Crippen molar-refractivity contribution in [2.75, 3.05) is 13.1 Å². The summed E-state index contributed by atoms with van der Waals surface area (Å²) in [5, 5.41) is 2.74. The van der Waals surface area contributed by atoms with E-state index in [1.54, 1.807) is 17.5 Å². The van der Waals surface area contributed by atoms with Crippen molar-refractivity contribution in [1.29, 1.82) is 0 Å². The van der Waals surface area contributed by atoms with Gasteiger partial charge in [0.2, 0.25) is 5.91 Å². The van der Waals surface area contributed by atoms with Crippen LogP contribution in [0.5, 0.6) is 5.75 Å². The molecule has 3 rings (SSSR count). The van der Waals surface area contributed by atoms with Crippen molar-refractivity contribution in [2.45, 2.75) is 32.5 Å². The van der Waals surface area contributed by atoms with Gasteiger partial charge in [0, 0.05) is 49.9 Å². The van der Waals surface area contributed by atoms with E-state index in [-0.39, 0.29) is 12.0 Å². The van der Waals surface area contributed by atoms with E-state index in [9.17, 15) is 4.79 Å². The maximum absolute atomic E-state index is 11.0. The Bertz CT molecular complexity index is 647. The standard InChI is InChI=1S/C16H20N4O2S/c1-12(21)19-7-13-6-14(2-4-18-13)22-15-3-5-20(9-15)10-16-8-17-11-23-16/h2,4,6,8,11,15H,3,5,7,9-10H2,1H3,(H,19,21). The van der Waals surface area contributed by atoms with Gasteiger partial charge in [-0.15, -0.1) is 11.3 Å². The van der Waals surface area contributed by atoms with Crippen molar-refractivity contribution >= 4 is 17.2 Å². The summed E-state index contributed by atoms with van der Waals surface area (Å²) in [5.41, 5.74) is 2.67. The molecular formula is C16H20N4O2S. The van der Waals surface area contributed by atoms with Gasteiger partial charge in [-0.3, -0.25) is 19.7 Å². The Morgan fingerprint density at radius 2 is 2.48 bits per heavy atom. The average Bonchev–Trinajstić information content (AvgIpc) is 3.18. The molecule has 0 aromatic carbocycles. The van der Waals surface area contributed by atoms with E-state index in [4.69, 9.17) is 4.74 Å². The topological polar surface area (TPSA) is 67.3 Å². The smallest absolute Gasteiger partial charge is 0.217 e. The lowest BCUT2D eigenvalue weighted by atomic mass is 10.3. The largest absolute Gasteiger partial charge is 0.489 e. The first-order valence-electron chi connectivity index (χ1n) is 7.65. The Hall–Kier alpha value is -1.99. The fourth-order valence-corrected chi connectivity index (χ4v) is 3.25. The van der Waals surface area contributed by atoms with Crippen LogP contribution in [0.3, 0.4) is 0 Å². The van der Waals surface area contributed by atoms with Crippen molar-refractivity contribution in [2.24, 2.45) is 0 Å². The van der Waals surface area contributed by atoms with Gasteiger partial charge in [-0.05, 0) is 12.5 Å². The molecule has 1 saturated heterocycles. The molecule has 1 unspecified atom stereocenters. The molecule has 0 aliphatic carbocycles. The second kappa shape index (κ2) is 7.52. The van der Waals surface area contributed by atoms with E-state index in [0.717, 1.165) is 37.5 Å². The minimum Gasteiger partial charge on any atom is -0.489 e. The lowest BCUT2D eigenvalue weighted by Crippen LogP contribution is -2.24. The predicted molar refractivity (Wildman–Crippen MR) is 88.2 cm³/mol. The third-order valence-electron chi connectivity index (χ3n) is 3.70. The highest BCUT2D eigenvalue weighted by Gasteiger charge is 2.24. The summed E-state index contributed by atoms with van der Waals surface area (Å²) in [4.78, 5) is 23.0. The zero-order chi connectivity index (χ0) is 16.1. The van der Waals surface area contributed by atoms with Gasteiger partial charge in [0.25, 0.3) is 0 Å². The number of ether oxygens (including phenoxy) is 1. The number of rotatable bonds is 6. The fourth-order valence-electron chi connectivity index (χ4n) is 2.61. The van der Waals surface area contributed by atoms with Crippen LogP contribution in [0, 0.1) is 0 Å². The van der Waals surface area contributed by atoms with Gasteiger partial charge in [-0.2, -0.15) is 0 Å². The van der Waals surface area contributed by atoms with Gasteiger partial charge >= 0.3 is 0 Å². The van der Waals surface area contributed by atoms with Crippen LogP contribution in [0.15, 0.2) is 30.0 Å². The molecule has 0 bridgehead atoms. The molecule has 3 heterocycles. The highest BCUT2D eigenvalue weighted by Crippen LogP contribution is 2.21. The van der Waals surface area contributed by atoms with Gasteiger partial charge < -0.3 is 10.1 Å². The molecule has 2 aromatic heterocycles. The monoisotopic (exact) mass is 332 g/mol. The van der Waals surface area contributed by atoms with Gasteiger partial charge in [-0.25, -0.2) is 0 Å². The number of carbonyl (C=O) groups excluding carboxylic acids is 1. The number of thiazole rings is 1. The summed E-state index contributed by atoms with van der Waals surface area (Å²) >= 11 is 1.69. The quantitative estimate of drug-likeness (QED) is 0.874. The van der Waals surface area contributed by atoms with Crippen LogP contribution in [0.2, 0.25) is 0 Å². The molecular weight excluding hydrogens is 312 g/mol. The molecule has 1 fully saturated rings. The number of likely N-dealkylation sites (tertiary alicyclic amines) is 1.